The number of aliphatic hydroxyl groups excluding tert-OH is 8. The summed E-state index contributed by atoms with van der Waals surface area (Å²) in [6.45, 7) is 0.338. The molecule has 1 aromatic rings. The van der Waals surface area contributed by atoms with Crippen LogP contribution in [0.3, 0.4) is 0 Å². The van der Waals surface area contributed by atoms with E-state index in [1.54, 1.807) is 0 Å². The Labute approximate surface area is 236 Å². The largest absolute Gasteiger partial charge is 1.00 e. The number of nitrogens with zero attached hydrogens (tertiary/aromatic N) is 1. The zero-order valence-corrected chi connectivity index (χ0v) is 23.1. The van der Waals surface area contributed by atoms with Gasteiger partial charge in [-0.2, -0.15) is 0 Å². The van der Waals surface area contributed by atoms with E-state index in [9.17, 15) is 40.9 Å². The molecule has 8 N–H and O–H groups in total. The molecule has 14 heteroatoms. The van der Waals surface area contributed by atoms with Gasteiger partial charge in [0, 0.05) is 13.1 Å². The van der Waals surface area contributed by atoms with E-state index in [2.05, 4.69) is 0 Å². The summed E-state index contributed by atoms with van der Waals surface area (Å²) >= 11 is 10.2. The molecule has 9 atom stereocenters. The van der Waals surface area contributed by atoms with Gasteiger partial charge in [0.25, 0.3) is 0 Å². The molecule has 0 aliphatic carbocycles. The molecule has 2 rings (SSSR count). The van der Waals surface area contributed by atoms with Crippen molar-refractivity contribution in [1.29, 1.82) is 0 Å². The smallest absolute Gasteiger partial charge is 0.411 e. The third kappa shape index (κ3) is 9.02. The van der Waals surface area contributed by atoms with E-state index >= 15 is 0 Å². The summed E-state index contributed by atoms with van der Waals surface area (Å²) in [5.41, 5.74) is 1.90. The molecule has 1 saturated heterocycles. The Balaban J connectivity index is 0.00000612. The van der Waals surface area contributed by atoms with Crippen LogP contribution in [-0.4, -0.2) is 125 Å². The molecule has 1 heterocycles. The molecule has 1 aliphatic heterocycles. The Morgan fingerprint density at radius 2 is 1.66 bits per heavy atom. The average molecular weight is 546 g/mol. The summed E-state index contributed by atoms with van der Waals surface area (Å²) in [4.78, 5) is 1.46. The van der Waals surface area contributed by atoms with Gasteiger partial charge in [-0.25, -0.2) is 0 Å². The van der Waals surface area contributed by atoms with E-state index < -0.39 is 68.3 Å². The summed E-state index contributed by atoms with van der Waals surface area (Å²) in [5.74, 6) is 0. The molecule has 0 amide bonds. The van der Waals surface area contributed by atoms with Crippen molar-refractivity contribution in [2.75, 3.05) is 19.8 Å². The second-order valence-electron chi connectivity index (χ2n) is 8.24. The van der Waals surface area contributed by atoms with E-state index in [1.165, 1.54) is 4.90 Å². The molecule has 35 heavy (non-hydrogen) atoms. The fourth-order valence-corrected chi connectivity index (χ4v) is 3.79. The van der Waals surface area contributed by atoms with Gasteiger partial charge in [-0.3, -0.25) is 0 Å². The molecule has 0 bridgehead atoms. The van der Waals surface area contributed by atoms with Crippen LogP contribution in [0.1, 0.15) is 11.1 Å². The summed E-state index contributed by atoms with van der Waals surface area (Å²) in [7, 11) is 0. The normalized spacial score (nSPS) is 27.9. The maximum absolute atomic E-state index is 10.7. The molecular formula is C21H32NNaO10S2. The minimum Gasteiger partial charge on any atom is -0.411 e. The third-order valence-electron chi connectivity index (χ3n) is 5.60. The monoisotopic (exact) mass is 545 g/mol. The molecule has 0 aromatic heterocycles. The number of hydrogen-bond acceptors (Lipinski definition) is 12. The molecule has 1 aromatic carbocycles. The number of aryl methyl sites for hydroxylation is 1. The van der Waals surface area contributed by atoms with Gasteiger partial charge in [0.05, 0.1) is 19.3 Å². The topological polar surface area (TPSA) is 184 Å². The first-order valence-electron chi connectivity index (χ1n) is 10.6. The van der Waals surface area contributed by atoms with Crippen LogP contribution in [0, 0.1) is 6.92 Å². The number of aliphatic hydroxyl groups is 8. The summed E-state index contributed by atoms with van der Waals surface area (Å²) in [6.07, 6.45) is -15.0. The third-order valence-corrected chi connectivity index (χ3v) is 6.11. The number of hydrogen-bond donors (Lipinski definition) is 8. The molecule has 0 spiro atoms. The first-order valence-corrected chi connectivity index (χ1v) is 11.4. The van der Waals surface area contributed by atoms with E-state index in [0.29, 0.717) is 0 Å². The van der Waals surface area contributed by atoms with Gasteiger partial charge in [-0.15, -0.1) is 0 Å². The number of benzene rings is 1. The molecule has 0 unspecified atom stereocenters. The van der Waals surface area contributed by atoms with Crippen molar-refractivity contribution in [3.05, 3.63) is 35.4 Å². The Hall–Kier alpha value is -0.0700. The van der Waals surface area contributed by atoms with E-state index in [1.807, 2.05) is 31.2 Å². The maximum Gasteiger partial charge on any atom is 1.00 e. The van der Waals surface area contributed by atoms with Gasteiger partial charge in [0.1, 0.15) is 42.7 Å². The number of rotatable bonds is 11. The van der Waals surface area contributed by atoms with Crippen molar-refractivity contribution >= 4 is 29.2 Å². The minimum absolute atomic E-state index is 0. The average Bonchev–Trinajstić information content (AvgIpc) is 2.82. The van der Waals surface area contributed by atoms with Crippen LogP contribution in [0.15, 0.2) is 24.3 Å². The molecule has 1 fully saturated rings. The molecule has 0 radical (unpaired) electrons. The quantitative estimate of drug-likeness (QED) is 0.0748. The van der Waals surface area contributed by atoms with Gasteiger partial charge in [0.2, 0.25) is 0 Å². The van der Waals surface area contributed by atoms with E-state index in [4.69, 9.17) is 34.3 Å². The standard InChI is InChI=1S/C21H33NO10S2.Na/c1-10-2-4-11(5-3-10)6-22(21(33)34)7-12(25)15(27)19(13(26)8-23)32-20-18(30)17(29)16(28)14(9-24)31-20;/h2-5,12-20,23-30H,6-9H2,1H3,(H,33,34);/q;+1/p-1/t12-,13+,14+,15+,16-,17-,18+,19+,20-;/m0./s1. The van der Waals surface area contributed by atoms with Gasteiger partial charge in [-0.05, 0) is 12.5 Å². The van der Waals surface area contributed by atoms with Crippen molar-refractivity contribution in [3.8, 4) is 0 Å². The minimum atomic E-state index is -1.82. The Bertz CT molecular complexity index is 777. The van der Waals surface area contributed by atoms with Crippen LogP contribution in [-0.2, 0) is 28.6 Å². The van der Waals surface area contributed by atoms with E-state index in [-0.39, 0.29) is 47.0 Å². The molecule has 1 aliphatic rings. The molecular weight excluding hydrogens is 513 g/mol. The molecule has 194 valence electrons. The van der Waals surface area contributed by atoms with E-state index in [0.717, 1.165) is 11.1 Å². The van der Waals surface area contributed by atoms with Gasteiger partial charge in [0.15, 0.2) is 6.29 Å². The Kier molecular flexibility index (Phi) is 14.5. The SMILES string of the molecule is Cc1ccc(CN(C[C@H](O)[C@@H](O)[C@H](O[C@@H]2O[C@H](CO)[C@H](O)[C@H](O)[C@H]2O)[C@H](O)CO)C(=S)[S-])cc1.[Na+]. The first kappa shape index (κ1) is 33.0. The zero-order chi connectivity index (χ0) is 25.6. The van der Waals surface area contributed by atoms with Crippen LogP contribution in [0.25, 0.3) is 0 Å². The van der Waals surface area contributed by atoms with Crippen LogP contribution in [0.5, 0.6) is 0 Å². The number of ether oxygens (including phenoxy) is 2. The van der Waals surface area contributed by atoms with Gasteiger partial charge in [-0.1, -0.05) is 34.1 Å². The van der Waals surface area contributed by atoms with Gasteiger partial charge >= 0.3 is 29.6 Å². The summed E-state index contributed by atoms with van der Waals surface area (Å²) < 4.78 is 10.7. The van der Waals surface area contributed by atoms with Crippen molar-refractivity contribution in [1.82, 2.24) is 4.90 Å². The second kappa shape index (κ2) is 15.4. The predicted octanol–water partition coefficient (Wildman–Crippen LogP) is -6.11. The van der Waals surface area contributed by atoms with Crippen LogP contribution in [0.2, 0.25) is 0 Å². The zero-order valence-electron chi connectivity index (χ0n) is 19.5. The van der Waals surface area contributed by atoms with Crippen molar-refractivity contribution in [2.45, 2.75) is 68.6 Å². The number of thiocarbonyl (C=S) groups is 1. The summed E-state index contributed by atoms with van der Waals surface area (Å²) in [5, 5.41) is 80.3. The van der Waals surface area contributed by atoms with Crippen molar-refractivity contribution < 1.29 is 79.9 Å². The Morgan fingerprint density at radius 1 is 1.06 bits per heavy atom. The van der Waals surface area contributed by atoms with Crippen molar-refractivity contribution in [2.24, 2.45) is 0 Å². The maximum atomic E-state index is 10.7. The first-order chi connectivity index (χ1) is 16.0. The van der Waals surface area contributed by atoms with Crippen molar-refractivity contribution in [3.63, 3.8) is 0 Å². The van der Waals surface area contributed by atoms with Crippen LogP contribution >= 0.6 is 12.2 Å². The molecule has 0 saturated carbocycles. The Morgan fingerprint density at radius 3 is 2.17 bits per heavy atom. The second-order valence-corrected chi connectivity index (χ2v) is 9.27. The fraction of sp³-hybridized carbons (Fsp3) is 0.667. The van der Waals surface area contributed by atoms with Gasteiger partial charge < -0.3 is 80.1 Å². The fourth-order valence-electron chi connectivity index (χ4n) is 3.51. The predicted molar refractivity (Wildman–Crippen MR) is 125 cm³/mol. The summed E-state index contributed by atoms with van der Waals surface area (Å²) in [6, 6.07) is 7.51. The van der Waals surface area contributed by atoms with Crippen LogP contribution in [0.4, 0.5) is 0 Å². The molecule has 11 nitrogen and oxygen atoms in total. The van der Waals surface area contributed by atoms with Crippen LogP contribution < -0.4 is 29.6 Å².